The molecule has 0 aliphatic heterocycles. The Morgan fingerprint density at radius 2 is 1.66 bits per heavy atom. The second-order valence-electron chi connectivity index (χ2n) is 7.25. The lowest BCUT2D eigenvalue weighted by Gasteiger charge is -2.15. The first kappa shape index (κ1) is 21.9. The van der Waals surface area contributed by atoms with Gasteiger partial charge in [0.05, 0.1) is 32.7 Å². The number of hydrogen-bond donors (Lipinski definition) is 1. The largest absolute Gasteiger partial charge is 0.457 e. The highest BCUT2D eigenvalue weighted by Gasteiger charge is 2.18. The summed E-state index contributed by atoms with van der Waals surface area (Å²) in [6.45, 7) is 3.87. The van der Waals surface area contributed by atoms with Gasteiger partial charge in [-0.3, -0.25) is 0 Å². The average Bonchev–Trinajstić information content (AvgIpc) is 3.13. The number of aromatic nitrogens is 1. The predicted octanol–water partition coefficient (Wildman–Crippen LogP) is 7.37. The zero-order chi connectivity index (χ0) is 22.7. The number of anilines is 2. The molecule has 4 aromatic rings. The van der Waals surface area contributed by atoms with Crippen LogP contribution in [0.5, 0.6) is 0 Å². The minimum absolute atomic E-state index is 0.182. The van der Waals surface area contributed by atoms with E-state index in [1.54, 1.807) is 30.3 Å². The van der Waals surface area contributed by atoms with Crippen molar-refractivity contribution in [2.45, 2.75) is 20.5 Å². The Morgan fingerprint density at radius 3 is 2.31 bits per heavy atom. The third-order valence-electron chi connectivity index (χ3n) is 4.98. The molecule has 0 amide bonds. The number of esters is 1. The highest BCUT2D eigenvalue weighted by Crippen LogP contribution is 2.39. The number of rotatable bonds is 6. The van der Waals surface area contributed by atoms with Crippen LogP contribution in [-0.2, 0) is 11.3 Å². The first-order valence-electron chi connectivity index (χ1n) is 9.93. The van der Waals surface area contributed by atoms with Crippen molar-refractivity contribution in [3.05, 3.63) is 99.4 Å². The van der Waals surface area contributed by atoms with Gasteiger partial charge < -0.3 is 14.6 Å². The number of ether oxygens (including phenoxy) is 1. The molecule has 5 nitrogen and oxygen atoms in total. The molecule has 0 radical (unpaired) electrons. The maximum atomic E-state index is 12.7. The Kier molecular flexibility index (Phi) is 6.49. The number of nitrogens with zero attached hydrogens (tertiary/aromatic N) is 1. The van der Waals surface area contributed by atoms with E-state index in [0.717, 1.165) is 22.4 Å². The maximum Gasteiger partial charge on any atom is 0.340 e. The first-order valence-corrected chi connectivity index (χ1v) is 10.7. The molecular weight excluding hydrogens is 447 g/mol. The van der Waals surface area contributed by atoms with Gasteiger partial charge in [0.15, 0.2) is 0 Å². The van der Waals surface area contributed by atoms with E-state index in [9.17, 15) is 4.79 Å². The second kappa shape index (κ2) is 9.47. The first-order chi connectivity index (χ1) is 15.4. The Bertz CT molecular complexity index is 1230. The number of carbonyl (C=O) groups is 1. The molecule has 0 atom stereocenters. The zero-order valence-corrected chi connectivity index (χ0v) is 19.0. The van der Waals surface area contributed by atoms with Crippen molar-refractivity contribution in [2.75, 3.05) is 5.32 Å². The molecule has 0 saturated carbocycles. The number of nitrogens with one attached hydrogen (secondary N) is 1. The lowest BCUT2D eigenvalue weighted by atomic mass is 10.0. The van der Waals surface area contributed by atoms with Gasteiger partial charge in [-0.2, -0.15) is 0 Å². The molecule has 4 rings (SSSR count). The van der Waals surface area contributed by atoms with Gasteiger partial charge in [-0.25, -0.2) is 4.79 Å². The van der Waals surface area contributed by atoms with Crippen LogP contribution in [-0.4, -0.2) is 11.1 Å². The summed E-state index contributed by atoms with van der Waals surface area (Å²) in [4.78, 5) is 12.7. The number of para-hydroxylation sites is 1. The molecule has 32 heavy (non-hydrogen) atoms. The van der Waals surface area contributed by atoms with E-state index >= 15 is 0 Å². The molecule has 1 N–H and O–H groups in total. The highest BCUT2D eigenvalue weighted by molar-refractivity contribution is 6.39. The van der Waals surface area contributed by atoms with Crippen molar-refractivity contribution in [3.8, 4) is 11.1 Å². The van der Waals surface area contributed by atoms with Crippen LogP contribution in [0.25, 0.3) is 11.1 Å². The van der Waals surface area contributed by atoms with E-state index in [-0.39, 0.29) is 6.61 Å². The average molecular weight is 467 g/mol. The van der Waals surface area contributed by atoms with Crippen LogP contribution in [0.4, 0.5) is 11.4 Å². The molecule has 1 aromatic heterocycles. The van der Waals surface area contributed by atoms with Crippen LogP contribution < -0.4 is 5.32 Å². The van der Waals surface area contributed by atoms with Gasteiger partial charge in [-0.05, 0) is 49.2 Å². The van der Waals surface area contributed by atoms with Gasteiger partial charge in [0.25, 0.3) is 0 Å². The normalized spacial score (nSPS) is 10.8. The van der Waals surface area contributed by atoms with E-state index in [1.807, 2.05) is 50.2 Å². The van der Waals surface area contributed by atoms with Crippen molar-refractivity contribution >= 4 is 40.5 Å². The Labute approximate surface area is 195 Å². The maximum absolute atomic E-state index is 12.7. The molecule has 3 aromatic carbocycles. The second-order valence-corrected chi connectivity index (χ2v) is 8.06. The minimum Gasteiger partial charge on any atom is -0.457 e. The van der Waals surface area contributed by atoms with Crippen LogP contribution >= 0.6 is 23.2 Å². The minimum atomic E-state index is -0.448. The Hall–Kier alpha value is -3.28. The molecule has 0 aliphatic rings. The fourth-order valence-corrected chi connectivity index (χ4v) is 4.02. The van der Waals surface area contributed by atoms with E-state index in [0.29, 0.717) is 32.7 Å². The van der Waals surface area contributed by atoms with Crippen molar-refractivity contribution < 1.29 is 14.1 Å². The third-order valence-corrected chi connectivity index (χ3v) is 5.58. The molecule has 0 saturated heterocycles. The van der Waals surface area contributed by atoms with Gasteiger partial charge in [0, 0.05) is 5.56 Å². The lowest BCUT2D eigenvalue weighted by molar-refractivity contribution is 0.0474. The third kappa shape index (κ3) is 4.64. The van der Waals surface area contributed by atoms with Crippen molar-refractivity contribution in [1.29, 1.82) is 0 Å². The lowest BCUT2D eigenvalue weighted by Crippen LogP contribution is -2.08. The van der Waals surface area contributed by atoms with Crippen LogP contribution in [0, 0.1) is 13.8 Å². The Balaban J connectivity index is 1.59. The number of hydrogen-bond acceptors (Lipinski definition) is 5. The van der Waals surface area contributed by atoms with Gasteiger partial charge in [-0.15, -0.1) is 0 Å². The molecule has 7 heteroatoms. The molecule has 0 aliphatic carbocycles. The number of benzene rings is 3. The summed E-state index contributed by atoms with van der Waals surface area (Å²) in [5.41, 5.74) is 4.73. The summed E-state index contributed by atoms with van der Waals surface area (Å²) < 4.78 is 10.7. The fraction of sp³-hybridized carbons (Fsp3) is 0.120. The summed E-state index contributed by atoms with van der Waals surface area (Å²) in [6, 6.07) is 20.1. The molecule has 1 heterocycles. The highest BCUT2D eigenvalue weighted by atomic mass is 35.5. The van der Waals surface area contributed by atoms with Crippen LogP contribution in [0.2, 0.25) is 10.0 Å². The van der Waals surface area contributed by atoms with Crippen molar-refractivity contribution in [1.82, 2.24) is 5.16 Å². The topological polar surface area (TPSA) is 64.4 Å². The molecule has 0 bridgehead atoms. The van der Waals surface area contributed by atoms with Crippen molar-refractivity contribution in [3.63, 3.8) is 0 Å². The molecule has 0 fully saturated rings. The van der Waals surface area contributed by atoms with Gasteiger partial charge in [-0.1, -0.05) is 70.8 Å². The SMILES string of the molecule is Cc1noc(C)c1-c1cc(Cl)c(Nc2ccccc2C(=O)OCc2ccccc2)c(Cl)c1. The monoisotopic (exact) mass is 466 g/mol. The molecular formula is C25H20Cl2N2O3. The predicted molar refractivity (Wildman–Crippen MR) is 127 cm³/mol. The van der Waals surface area contributed by atoms with E-state index in [2.05, 4.69) is 10.5 Å². The molecule has 0 spiro atoms. The fourth-order valence-electron chi connectivity index (χ4n) is 3.44. The van der Waals surface area contributed by atoms with Crippen LogP contribution in [0.3, 0.4) is 0 Å². The van der Waals surface area contributed by atoms with E-state index in [4.69, 9.17) is 32.5 Å². The summed E-state index contributed by atoms with van der Waals surface area (Å²) in [7, 11) is 0. The van der Waals surface area contributed by atoms with Gasteiger partial charge in [0.1, 0.15) is 12.4 Å². The van der Waals surface area contributed by atoms with Gasteiger partial charge in [0.2, 0.25) is 0 Å². The summed E-state index contributed by atoms with van der Waals surface area (Å²) in [6.07, 6.45) is 0. The summed E-state index contributed by atoms with van der Waals surface area (Å²) >= 11 is 13.1. The van der Waals surface area contributed by atoms with Crippen molar-refractivity contribution in [2.24, 2.45) is 0 Å². The van der Waals surface area contributed by atoms with E-state index in [1.165, 1.54) is 0 Å². The van der Waals surface area contributed by atoms with Gasteiger partial charge >= 0.3 is 5.97 Å². The summed E-state index contributed by atoms with van der Waals surface area (Å²) in [5, 5.41) is 7.98. The smallest absolute Gasteiger partial charge is 0.340 e. The number of carbonyl (C=O) groups excluding carboxylic acids is 1. The number of halogens is 2. The molecule has 162 valence electrons. The van der Waals surface area contributed by atoms with E-state index < -0.39 is 5.97 Å². The zero-order valence-electron chi connectivity index (χ0n) is 17.5. The Morgan fingerprint density at radius 1 is 1.00 bits per heavy atom. The number of aryl methyl sites for hydroxylation is 2. The van der Waals surface area contributed by atoms with Crippen LogP contribution in [0.1, 0.15) is 27.4 Å². The quantitative estimate of drug-likeness (QED) is 0.300. The summed E-state index contributed by atoms with van der Waals surface area (Å²) in [5.74, 6) is 0.235. The standard InChI is InChI=1S/C25H20Cl2N2O3/c1-15-23(16(2)32-29-15)18-12-20(26)24(21(27)13-18)28-22-11-7-6-10-19(22)25(30)31-14-17-8-4-3-5-9-17/h3-13,28H,14H2,1-2H3. The molecule has 0 unspecified atom stereocenters. The van der Waals surface area contributed by atoms with Crippen LogP contribution in [0.15, 0.2) is 71.3 Å².